The van der Waals surface area contributed by atoms with E-state index in [9.17, 15) is 4.79 Å². The zero-order chi connectivity index (χ0) is 17.9. The second kappa shape index (κ2) is 7.12. The van der Waals surface area contributed by atoms with Crippen molar-refractivity contribution in [3.63, 3.8) is 0 Å². The first kappa shape index (κ1) is 16.5. The third-order valence-electron chi connectivity index (χ3n) is 4.93. The molecule has 1 aliphatic carbocycles. The summed E-state index contributed by atoms with van der Waals surface area (Å²) in [6.07, 6.45) is 5.42. The van der Waals surface area contributed by atoms with Gasteiger partial charge in [-0.25, -0.2) is 0 Å². The third-order valence-corrected chi connectivity index (χ3v) is 4.93. The van der Waals surface area contributed by atoms with Crippen molar-refractivity contribution in [1.29, 1.82) is 0 Å². The number of amides is 1. The van der Waals surface area contributed by atoms with Gasteiger partial charge in [-0.2, -0.15) is 5.10 Å². The highest BCUT2D eigenvalue weighted by atomic mass is 16.2. The van der Waals surface area contributed by atoms with Crippen LogP contribution in [0.1, 0.15) is 29.2 Å². The first-order valence-corrected chi connectivity index (χ1v) is 9.00. The lowest BCUT2D eigenvalue weighted by Crippen LogP contribution is -2.15. The average molecular weight is 346 g/mol. The highest BCUT2D eigenvalue weighted by molar-refractivity contribution is 5.94. The van der Waals surface area contributed by atoms with E-state index < -0.39 is 0 Å². The van der Waals surface area contributed by atoms with Gasteiger partial charge in [-0.3, -0.25) is 14.5 Å². The van der Waals surface area contributed by atoms with Crippen LogP contribution in [-0.2, 0) is 17.8 Å². The van der Waals surface area contributed by atoms with E-state index in [1.807, 2.05) is 47.3 Å². The molecule has 132 valence electrons. The van der Waals surface area contributed by atoms with Gasteiger partial charge in [0.25, 0.3) is 0 Å². The Morgan fingerprint density at radius 3 is 2.85 bits per heavy atom. The van der Waals surface area contributed by atoms with Crippen LogP contribution in [0.3, 0.4) is 0 Å². The van der Waals surface area contributed by atoms with Gasteiger partial charge in [0.2, 0.25) is 5.91 Å². The molecule has 4 rings (SSSR count). The molecule has 0 unspecified atom stereocenters. The summed E-state index contributed by atoms with van der Waals surface area (Å²) in [4.78, 5) is 16.8. The summed E-state index contributed by atoms with van der Waals surface area (Å²) in [5.41, 5.74) is 3.58. The second-order valence-corrected chi connectivity index (χ2v) is 6.83. The molecule has 2 heterocycles. The first-order chi connectivity index (χ1) is 12.7. The fourth-order valence-electron chi connectivity index (χ4n) is 3.38. The van der Waals surface area contributed by atoms with Crippen LogP contribution in [0, 0.1) is 12.8 Å². The molecule has 5 heteroatoms. The van der Waals surface area contributed by atoms with Crippen LogP contribution >= 0.6 is 0 Å². The predicted octanol–water partition coefficient (Wildman–Crippen LogP) is 3.57. The maximum atomic E-state index is 12.5. The number of hydrogen-bond donors (Lipinski definition) is 1. The van der Waals surface area contributed by atoms with E-state index in [4.69, 9.17) is 0 Å². The smallest absolute Gasteiger partial charge is 0.229 e. The molecule has 26 heavy (non-hydrogen) atoms. The molecule has 3 aromatic rings. The Bertz CT molecular complexity index is 903. The first-order valence-electron chi connectivity index (χ1n) is 9.00. The topological polar surface area (TPSA) is 59.8 Å². The van der Waals surface area contributed by atoms with E-state index >= 15 is 0 Å². The van der Waals surface area contributed by atoms with E-state index in [-0.39, 0.29) is 11.8 Å². The Hall–Kier alpha value is -2.95. The lowest BCUT2D eigenvalue weighted by atomic mass is 10.0. The predicted molar refractivity (Wildman–Crippen MR) is 101 cm³/mol. The Balaban J connectivity index is 1.32. The Kier molecular flexibility index (Phi) is 4.52. The zero-order valence-electron chi connectivity index (χ0n) is 14.8. The van der Waals surface area contributed by atoms with Crippen LogP contribution in [0.15, 0.2) is 60.9 Å². The molecule has 1 aliphatic rings. The number of aryl methyl sites for hydroxylation is 3. The number of carbonyl (C=O) groups excluding carboxylic acids is 1. The zero-order valence-corrected chi connectivity index (χ0v) is 14.8. The summed E-state index contributed by atoms with van der Waals surface area (Å²) in [5, 5.41) is 7.40. The van der Waals surface area contributed by atoms with Gasteiger partial charge in [-0.1, -0.05) is 30.3 Å². The number of benzene rings is 1. The van der Waals surface area contributed by atoms with Crippen LogP contribution in [0.5, 0.6) is 0 Å². The van der Waals surface area contributed by atoms with Gasteiger partial charge in [0.1, 0.15) is 0 Å². The van der Waals surface area contributed by atoms with Crippen LogP contribution in [-0.4, -0.2) is 20.7 Å². The monoisotopic (exact) mass is 346 g/mol. The standard InChI is InChI=1S/C21H22N4O/c1-15-6-2-3-8-17(15)18-14-19(18)21(26)23-20-10-13-25(24-20)12-9-16-7-4-5-11-22-16/h2-8,10-11,13,18-19H,9,12,14H2,1H3,(H,23,24,26)/t18-,19-/m1/s1. The molecule has 1 fully saturated rings. The molecule has 0 spiro atoms. The molecule has 1 amide bonds. The Morgan fingerprint density at radius 2 is 2.04 bits per heavy atom. The van der Waals surface area contributed by atoms with Gasteiger partial charge in [-0.05, 0) is 42.5 Å². The van der Waals surface area contributed by atoms with Crippen LogP contribution in [0.4, 0.5) is 5.82 Å². The molecule has 2 aromatic heterocycles. The van der Waals surface area contributed by atoms with Crippen molar-refractivity contribution in [3.05, 3.63) is 77.7 Å². The fourth-order valence-corrected chi connectivity index (χ4v) is 3.38. The molecule has 0 saturated heterocycles. The molecule has 0 aliphatic heterocycles. The molecule has 2 atom stereocenters. The molecule has 0 bridgehead atoms. The normalized spacial score (nSPS) is 18.5. The molecule has 5 nitrogen and oxygen atoms in total. The van der Waals surface area contributed by atoms with Gasteiger partial charge < -0.3 is 5.32 Å². The van der Waals surface area contributed by atoms with Gasteiger partial charge >= 0.3 is 0 Å². The Morgan fingerprint density at radius 1 is 1.19 bits per heavy atom. The minimum Gasteiger partial charge on any atom is -0.309 e. The quantitative estimate of drug-likeness (QED) is 0.742. The van der Waals surface area contributed by atoms with Gasteiger partial charge in [0.15, 0.2) is 5.82 Å². The summed E-state index contributed by atoms with van der Waals surface area (Å²) in [7, 11) is 0. The summed E-state index contributed by atoms with van der Waals surface area (Å²) >= 11 is 0. The number of aromatic nitrogens is 3. The van der Waals surface area contributed by atoms with Crippen molar-refractivity contribution >= 4 is 11.7 Å². The number of anilines is 1. The summed E-state index contributed by atoms with van der Waals surface area (Å²) in [6, 6.07) is 16.1. The summed E-state index contributed by atoms with van der Waals surface area (Å²) < 4.78 is 1.84. The van der Waals surface area contributed by atoms with Crippen LogP contribution in [0.2, 0.25) is 0 Å². The number of hydrogen-bond acceptors (Lipinski definition) is 3. The maximum Gasteiger partial charge on any atom is 0.229 e. The number of nitrogens with zero attached hydrogens (tertiary/aromatic N) is 3. The molecular weight excluding hydrogens is 324 g/mol. The number of carbonyl (C=O) groups is 1. The SMILES string of the molecule is Cc1ccccc1[C@H]1C[C@H]1C(=O)Nc1ccn(CCc2ccccn2)n1. The van der Waals surface area contributed by atoms with Crippen molar-refractivity contribution in [2.45, 2.75) is 32.2 Å². The van der Waals surface area contributed by atoms with Crippen LogP contribution < -0.4 is 5.32 Å². The van der Waals surface area contributed by atoms with Crippen molar-refractivity contribution in [2.75, 3.05) is 5.32 Å². The summed E-state index contributed by atoms with van der Waals surface area (Å²) in [6.45, 7) is 2.84. The average Bonchev–Trinajstić information content (AvgIpc) is 3.34. The fraction of sp³-hybridized carbons (Fsp3) is 0.286. The van der Waals surface area contributed by atoms with Crippen molar-refractivity contribution in [3.8, 4) is 0 Å². The van der Waals surface area contributed by atoms with Crippen LogP contribution in [0.25, 0.3) is 0 Å². The lowest BCUT2D eigenvalue weighted by Gasteiger charge is -2.05. The minimum absolute atomic E-state index is 0.0507. The minimum atomic E-state index is 0.0507. The molecule has 1 saturated carbocycles. The Labute approximate surface area is 153 Å². The van der Waals surface area contributed by atoms with Crippen molar-refractivity contribution < 1.29 is 4.79 Å². The van der Waals surface area contributed by atoms with E-state index in [0.717, 1.165) is 25.1 Å². The van der Waals surface area contributed by atoms with E-state index in [2.05, 4.69) is 34.5 Å². The van der Waals surface area contributed by atoms with E-state index in [1.54, 1.807) is 6.20 Å². The lowest BCUT2D eigenvalue weighted by molar-refractivity contribution is -0.117. The highest BCUT2D eigenvalue weighted by Gasteiger charge is 2.44. The van der Waals surface area contributed by atoms with Gasteiger partial charge in [-0.15, -0.1) is 0 Å². The number of nitrogens with one attached hydrogen (secondary N) is 1. The molecular formula is C21H22N4O. The van der Waals surface area contributed by atoms with E-state index in [1.165, 1.54) is 11.1 Å². The number of rotatable bonds is 6. The molecule has 1 N–H and O–H groups in total. The highest BCUT2D eigenvalue weighted by Crippen LogP contribution is 2.48. The maximum absolute atomic E-state index is 12.5. The third kappa shape index (κ3) is 3.67. The number of pyridine rings is 1. The van der Waals surface area contributed by atoms with E-state index in [0.29, 0.717) is 11.7 Å². The van der Waals surface area contributed by atoms with Crippen molar-refractivity contribution in [2.24, 2.45) is 5.92 Å². The molecule has 1 aromatic carbocycles. The molecule has 0 radical (unpaired) electrons. The largest absolute Gasteiger partial charge is 0.309 e. The van der Waals surface area contributed by atoms with Gasteiger partial charge in [0.05, 0.1) is 0 Å². The second-order valence-electron chi connectivity index (χ2n) is 6.83. The summed E-state index contributed by atoms with van der Waals surface area (Å²) in [5.74, 6) is 1.07. The van der Waals surface area contributed by atoms with Gasteiger partial charge in [0, 0.05) is 43.0 Å². The van der Waals surface area contributed by atoms with Crippen molar-refractivity contribution in [1.82, 2.24) is 14.8 Å².